The smallest absolute Gasteiger partial charge is 0.254 e. The molecular formula is C16H14BrFN2O2. The van der Waals surface area contributed by atoms with Crippen molar-refractivity contribution in [3.8, 4) is 5.88 Å². The van der Waals surface area contributed by atoms with Gasteiger partial charge in [-0.2, -0.15) is 0 Å². The van der Waals surface area contributed by atoms with E-state index in [4.69, 9.17) is 4.74 Å². The Morgan fingerprint density at radius 3 is 3.00 bits per heavy atom. The molecule has 1 aromatic heterocycles. The van der Waals surface area contributed by atoms with E-state index in [9.17, 15) is 9.18 Å². The molecule has 1 fully saturated rings. The van der Waals surface area contributed by atoms with E-state index in [1.807, 2.05) is 12.1 Å². The van der Waals surface area contributed by atoms with Crippen molar-refractivity contribution in [2.45, 2.75) is 12.5 Å². The summed E-state index contributed by atoms with van der Waals surface area (Å²) in [7, 11) is 0. The maximum Gasteiger partial charge on any atom is 0.254 e. The number of aromatic nitrogens is 1. The van der Waals surface area contributed by atoms with Gasteiger partial charge < -0.3 is 9.64 Å². The van der Waals surface area contributed by atoms with Gasteiger partial charge in [-0.3, -0.25) is 4.79 Å². The van der Waals surface area contributed by atoms with E-state index in [0.717, 1.165) is 10.9 Å². The average molecular weight is 365 g/mol. The molecule has 1 saturated heterocycles. The SMILES string of the molecule is O=C(c1cccc(F)c1)N1CCC(Oc2ncccc2Br)C1. The van der Waals surface area contributed by atoms with Gasteiger partial charge in [0, 0.05) is 24.7 Å². The zero-order chi connectivity index (χ0) is 15.5. The highest BCUT2D eigenvalue weighted by atomic mass is 79.9. The normalized spacial score (nSPS) is 17.5. The van der Waals surface area contributed by atoms with Crippen LogP contribution in [0.15, 0.2) is 47.1 Å². The topological polar surface area (TPSA) is 42.4 Å². The summed E-state index contributed by atoms with van der Waals surface area (Å²) in [6.45, 7) is 1.06. The Morgan fingerprint density at radius 1 is 1.36 bits per heavy atom. The molecule has 0 spiro atoms. The van der Waals surface area contributed by atoms with Gasteiger partial charge >= 0.3 is 0 Å². The summed E-state index contributed by atoms with van der Waals surface area (Å²) in [5.41, 5.74) is 0.361. The largest absolute Gasteiger partial charge is 0.472 e. The Morgan fingerprint density at radius 2 is 2.23 bits per heavy atom. The Labute approximate surface area is 136 Å². The first kappa shape index (κ1) is 15.0. The lowest BCUT2D eigenvalue weighted by atomic mass is 10.2. The third-order valence-corrected chi connectivity index (χ3v) is 4.11. The molecule has 1 unspecified atom stereocenters. The van der Waals surface area contributed by atoms with Crippen LogP contribution in [-0.4, -0.2) is 35.0 Å². The highest BCUT2D eigenvalue weighted by Gasteiger charge is 2.29. The van der Waals surface area contributed by atoms with Crippen LogP contribution in [0, 0.1) is 5.82 Å². The van der Waals surface area contributed by atoms with E-state index in [2.05, 4.69) is 20.9 Å². The minimum atomic E-state index is -0.407. The molecule has 1 aliphatic rings. The van der Waals surface area contributed by atoms with Crippen molar-refractivity contribution in [1.29, 1.82) is 0 Å². The van der Waals surface area contributed by atoms with Gasteiger partial charge in [-0.1, -0.05) is 6.07 Å². The van der Waals surface area contributed by atoms with Crippen LogP contribution in [0.5, 0.6) is 5.88 Å². The first-order chi connectivity index (χ1) is 10.6. The van der Waals surface area contributed by atoms with Crippen LogP contribution in [0.25, 0.3) is 0 Å². The molecule has 2 aromatic rings. The predicted molar refractivity (Wildman–Crippen MR) is 83.3 cm³/mol. The maximum absolute atomic E-state index is 13.2. The number of rotatable bonds is 3. The van der Waals surface area contributed by atoms with Gasteiger partial charge in [-0.25, -0.2) is 9.37 Å². The van der Waals surface area contributed by atoms with Crippen molar-refractivity contribution in [2.75, 3.05) is 13.1 Å². The number of pyridine rings is 1. The van der Waals surface area contributed by atoms with Gasteiger partial charge in [0.05, 0.1) is 11.0 Å². The number of nitrogens with zero attached hydrogens (tertiary/aromatic N) is 2. The van der Waals surface area contributed by atoms with Crippen molar-refractivity contribution >= 4 is 21.8 Å². The summed E-state index contributed by atoms with van der Waals surface area (Å²) in [6.07, 6.45) is 2.28. The molecule has 1 aromatic carbocycles. The van der Waals surface area contributed by atoms with Gasteiger partial charge in [-0.15, -0.1) is 0 Å². The molecule has 1 amide bonds. The molecule has 2 heterocycles. The lowest BCUT2D eigenvalue weighted by Crippen LogP contribution is -2.31. The zero-order valence-corrected chi connectivity index (χ0v) is 13.3. The lowest BCUT2D eigenvalue weighted by molar-refractivity contribution is 0.0770. The molecule has 0 radical (unpaired) electrons. The summed E-state index contributed by atoms with van der Waals surface area (Å²) in [5.74, 6) is -0.0616. The Hall–Kier alpha value is -1.95. The third kappa shape index (κ3) is 3.27. The summed E-state index contributed by atoms with van der Waals surface area (Å²) < 4.78 is 19.8. The number of likely N-dealkylation sites (tertiary alicyclic amines) is 1. The summed E-state index contributed by atoms with van der Waals surface area (Å²) in [5, 5.41) is 0. The first-order valence-corrected chi connectivity index (χ1v) is 7.75. The van der Waals surface area contributed by atoms with Crippen molar-refractivity contribution < 1.29 is 13.9 Å². The molecule has 1 atom stereocenters. The van der Waals surface area contributed by atoms with Crippen molar-refractivity contribution in [3.63, 3.8) is 0 Å². The van der Waals surface area contributed by atoms with E-state index >= 15 is 0 Å². The Bertz CT molecular complexity index is 695. The molecule has 6 heteroatoms. The van der Waals surface area contributed by atoms with Crippen LogP contribution in [0.2, 0.25) is 0 Å². The highest BCUT2D eigenvalue weighted by molar-refractivity contribution is 9.10. The monoisotopic (exact) mass is 364 g/mol. The number of amides is 1. The molecule has 0 N–H and O–H groups in total. The fraction of sp³-hybridized carbons (Fsp3) is 0.250. The first-order valence-electron chi connectivity index (χ1n) is 6.95. The fourth-order valence-corrected chi connectivity index (χ4v) is 2.78. The quantitative estimate of drug-likeness (QED) is 0.839. The number of ether oxygens (including phenoxy) is 1. The van der Waals surface area contributed by atoms with E-state index in [-0.39, 0.29) is 12.0 Å². The second kappa shape index (κ2) is 6.44. The summed E-state index contributed by atoms with van der Waals surface area (Å²) in [6, 6.07) is 9.40. The second-order valence-corrected chi connectivity index (χ2v) is 5.93. The number of halogens is 2. The van der Waals surface area contributed by atoms with E-state index < -0.39 is 5.82 Å². The molecule has 22 heavy (non-hydrogen) atoms. The van der Waals surface area contributed by atoms with Crippen molar-refractivity contribution in [1.82, 2.24) is 9.88 Å². The zero-order valence-electron chi connectivity index (χ0n) is 11.7. The molecule has 1 aliphatic heterocycles. The summed E-state index contributed by atoms with van der Waals surface area (Å²) in [4.78, 5) is 18.2. The minimum absolute atomic E-state index is 0.108. The Balaban J connectivity index is 1.65. The average Bonchev–Trinajstić information content (AvgIpc) is 2.97. The second-order valence-electron chi connectivity index (χ2n) is 5.08. The third-order valence-electron chi connectivity index (χ3n) is 3.51. The van der Waals surface area contributed by atoms with Gasteiger partial charge in [0.2, 0.25) is 5.88 Å². The molecule has 4 nitrogen and oxygen atoms in total. The van der Waals surface area contributed by atoms with Crippen LogP contribution in [0.1, 0.15) is 16.8 Å². The van der Waals surface area contributed by atoms with Crippen molar-refractivity contribution in [2.24, 2.45) is 0 Å². The highest BCUT2D eigenvalue weighted by Crippen LogP contribution is 2.25. The lowest BCUT2D eigenvalue weighted by Gasteiger charge is -2.17. The van der Waals surface area contributed by atoms with Gasteiger partial charge in [0.15, 0.2) is 0 Å². The van der Waals surface area contributed by atoms with Gasteiger partial charge in [-0.05, 0) is 46.3 Å². The number of carbonyl (C=O) groups excluding carboxylic acids is 1. The van der Waals surface area contributed by atoms with Crippen LogP contribution >= 0.6 is 15.9 Å². The standard InChI is InChI=1S/C16H14BrFN2O2/c17-14-5-2-7-19-15(14)22-13-6-8-20(10-13)16(21)11-3-1-4-12(18)9-11/h1-5,7,9,13H,6,8,10H2. The number of benzene rings is 1. The van der Waals surface area contributed by atoms with E-state index in [0.29, 0.717) is 24.5 Å². The molecular weight excluding hydrogens is 351 g/mol. The van der Waals surface area contributed by atoms with Gasteiger partial charge in [0.1, 0.15) is 11.9 Å². The predicted octanol–water partition coefficient (Wildman–Crippen LogP) is 3.28. The number of hydrogen-bond donors (Lipinski definition) is 0. The molecule has 0 aliphatic carbocycles. The minimum Gasteiger partial charge on any atom is -0.472 e. The number of carbonyl (C=O) groups is 1. The van der Waals surface area contributed by atoms with Crippen LogP contribution in [0.4, 0.5) is 4.39 Å². The van der Waals surface area contributed by atoms with Crippen molar-refractivity contribution in [3.05, 3.63) is 58.4 Å². The van der Waals surface area contributed by atoms with Gasteiger partial charge in [0.25, 0.3) is 5.91 Å². The van der Waals surface area contributed by atoms with E-state index in [1.54, 1.807) is 17.2 Å². The molecule has 3 rings (SSSR count). The summed E-state index contributed by atoms with van der Waals surface area (Å²) >= 11 is 3.38. The van der Waals surface area contributed by atoms with Crippen LogP contribution in [0.3, 0.4) is 0 Å². The maximum atomic E-state index is 13.2. The van der Waals surface area contributed by atoms with Crippen LogP contribution < -0.4 is 4.74 Å². The Kier molecular flexibility index (Phi) is 4.38. The van der Waals surface area contributed by atoms with Crippen LogP contribution in [-0.2, 0) is 0 Å². The van der Waals surface area contributed by atoms with E-state index in [1.165, 1.54) is 18.2 Å². The fourth-order valence-electron chi connectivity index (χ4n) is 2.43. The molecule has 0 bridgehead atoms. The molecule has 114 valence electrons. The number of hydrogen-bond acceptors (Lipinski definition) is 3. The molecule has 0 saturated carbocycles.